The molecule has 6 rings (SSSR count). The maximum absolute atomic E-state index is 12.0. The zero-order valence-electron chi connectivity index (χ0n) is 20.2. The number of rotatable bonds is 6. The van der Waals surface area contributed by atoms with Crippen LogP contribution in [0.1, 0.15) is 23.5 Å². The van der Waals surface area contributed by atoms with Gasteiger partial charge in [-0.3, -0.25) is 35.7 Å². The Bertz CT molecular complexity index is 1420. The van der Waals surface area contributed by atoms with Gasteiger partial charge in [0.15, 0.2) is 11.3 Å². The minimum absolute atomic E-state index is 0.140. The molecular weight excluding hydrogens is 514 g/mol. The molecule has 38 heavy (non-hydrogen) atoms. The maximum atomic E-state index is 12.0. The summed E-state index contributed by atoms with van der Waals surface area (Å²) in [5.41, 5.74) is 11.3. The lowest BCUT2D eigenvalue weighted by Crippen LogP contribution is -2.58. The number of nitrogens with zero attached hydrogens (tertiary/aromatic N) is 6. The second-order valence-electron chi connectivity index (χ2n) is 9.12. The van der Waals surface area contributed by atoms with E-state index in [2.05, 4.69) is 21.4 Å². The summed E-state index contributed by atoms with van der Waals surface area (Å²) in [6.07, 6.45) is 0.831. The van der Waals surface area contributed by atoms with Crippen molar-refractivity contribution in [3.05, 3.63) is 92.4 Å². The van der Waals surface area contributed by atoms with Gasteiger partial charge in [0.1, 0.15) is 17.6 Å². The number of fused-ring (bicyclic) bond motifs is 3. The van der Waals surface area contributed by atoms with E-state index in [1.807, 2.05) is 54.3 Å². The number of thioether (sulfide) groups is 1. The summed E-state index contributed by atoms with van der Waals surface area (Å²) in [4.78, 5) is 24.1. The average molecular weight is 538 g/mol. The van der Waals surface area contributed by atoms with E-state index in [-0.39, 0.29) is 34.5 Å². The third kappa shape index (κ3) is 3.96. The van der Waals surface area contributed by atoms with Crippen LogP contribution in [0.4, 0.5) is 22.7 Å². The number of non-ortho nitro benzene ring substituents is 1. The number of nitro benzene ring substituents is 2. The highest BCUT2D eigenvalue weighted by atomic mass is 32.2. The van der Waals surface area contributed by atoms with Crippen molar-refractivity contribution < 1.29 is 14.3 Å². The molecule has 0 aliphatic carbocycles. The highest BCUT2D eigenvalue weighted by Gasteiger charge is 2.54. The number of hydrazone groups is 1. The summed E-state index contributed by atoms with van der Waals surface area (Å²) in [5.74, 6) is 0.651. The predicted molar refractivity (Wildman–Crippen MR) is 141 cm³/mol. The van der Waals surface area contributed by atoms with Crippen LogP contribution < -0.4 is 26.2 Å². The van der Waals surface area contributed by atoms with E-state index in [1.54, 1.807) is 17.3 Å². The Morgan fingerprint density at radius 3 is 2.47 bits per heavy atom. The maximum Gasteiger partial charge on any atom is 0.300 e. The van der Waals surface area contributed by atoms with Gasteiger partial charge < -0.3 is 9.32 Å². The van der Waals surface area contributed by atoms with E-state index in [1.165, 1.54) is 23.9 Å². The van der Waals surface area contributed by atoms with Crippen molar-refractivity contribution >= 4 is 39.7 Å². The van der Waals surface area contributed by atoms with Crippen LogP contribution in [-0.4, -0.2) is 45.5 Å². The van der Waals surface area contributed by atoms with Gasteiger partial charge in [0, 0.05) is 25.8 Å². The predicted octanol–water partition coefficient (Wildman–Crippen LogP) is 3.05. The topological polar surface area (TPSA) is 158 Å². The molecule has 0 bridgehead atoms. The lowest BCUT2D eigenvalue weighted by atomic mass is 10.0. The standard InChI is InChI=1S/C23H23N9O5S/c1-28(2)14-7-5-13(6-8-14)19-20-22(30-23(38-20)25-24-21(26-30)18-4-3-11-37-18)27-29(19)16-10-9-15(31(33)34)12-17(16)32(35)36/h3-12,19-22,24,26-27H,1-2H3. The summed E-state index contributed by atoms with van der Waals surface area (Å²) in [6.45, 7) is 0. The van der Waals surface area contributed by atoms with Crippen LogP contribution in [0, 0.1) is 20.2 Å². The number of amidine groups is 1. The monoisotopic (exact) mass is 537 g/mol. The first-order valence-corrected chi connectivity index (χ1v) is 12.5. The molecule has 0 saturated carbocycles. The number of hydrazine groups is 2. The smallest absolute Gasteiger partial charge is 0.300 e. The molecule has 4 atom stereocenters. The third-order valence-electron chi connectivity index (χ3n) is 6.66. The molecule has 15 heteroatoms. The summed E-state index contributed by atoms with van der Waals surface area (Å²) >= 11 is 1.53. The van der Waals surface area contributed by atoms with Gasteiger partial charge in [-0.05, 0) is 35.9 Å². The fraction of sp³-hybridized carbons (Fsp3) is 0.261. The SMILES string of the molecule is CN(C)c1ccc(C2C3SC4=NNC(c5ccco5)NN4C3NN2c2ccc([N+](=O)[O-])cc2[N+](=O)[O-])cc1. The molecule has 1 aromatic heterocycles. The summed E-state index contributed by atoms with van der Waals surface area (Å²) in [6, 6.07) is 14.9. The van der Waals surface area contributed by atoms with Crippen molar-refractivity contribution in [1.29, 1.82) is 0 Å². The zero-order chi connectivity index (χ0) is 26.6. The van der Waals surface area contributed by atoms with Crippen molar-refractivity contribution in [3.63, 3.8) is 0 Å². The van der Waals surface area contributed by atoms with Gasteiger partial charge in [-0.15, -0.1) is 0 Å². The first-order chi connectivity index (χ1) is 18.3. The Hall–Kier alpha value is -4.34. The van der Waals surface area contributed by atoms with Gasteiger partial charge in [-0.25, -0.2) is 10.9 Å². The van der Waals surface area contributed by atoms with Crippen LogP contribution in [0.25, 0.3) is 0 Å². The van der Waals surface area contributed by atoms with Crippen LogP contribution in [0.2, 0.25) is 0 Å². The minimum atomic E-state index is -0.640. The number of benzene rings is 2. The molecule has 2 saturated heterocycles. The second-order valence-corrected chi connectivity index (χ2v) is 10.3. The lowest BCUT2D eigenvalue weighted by Gasteiger charge is -2.34. The Balaban J connectivity index is 1.41. The van der Waals surface area contributed by atoms with Crippen molar-refractivity contribution in [1.82, 2.24) is 21.3 Å². The quantitative estimate of drug-likeness (QED) is 0.312. The summed E-state index contributed by atoms with van der Waals surface area (Å²) < 4.78 is 5.52. The number of furan rings is 1. The van der Waals surface area contributed by atoms with E-state index < -0.39 is 16.0 Å². The molecule has 4 unspecified atom stereocenters. The van der Waals surface area contributed by atoms with Gasteiger partial charge in [-0.1, -0.05) is 23.9 Å². The van der Waals surface area contributed by atoms with Gasteiger partial charge in [0.25, 0.3) is 5.69 Å². The fourth-order valence-electron chi connectivity index (χ4n) is 4.84. The fourth-order valence-corrected chi connectivity index (χ4v) is 6.18. The number of anilines is 2. The average Bonchev–Trinajstić information content (AvgIpc) is 3.64. The molecular formula is C23H23N9O5S. The van der Waals surface area contributed by atoms with Gasteiger partial charge in [-0.2, -0.15) is 5.10 Å². The number of hydrogen-bond acceptors (Lipinski definition) is 13. The third-order valence-corrected chi connectivity index (χ3v) is 7.95. The molecule has 0 amide bonds. The first-order valence-electron chi connectivity index (χ1n) is 11.7. The lowest BCUT2D eigenvalue weighted by molar-refractivity contribution is -0.393. The number of nitrogens with one attached hydrogen (secondary N) is 3. The molecule has 3 aliphatic heterocycles. The Morgan fingerprint density at radius 1 is 1.03 bits per heavy atom. The Kier molecular flexibility index (Phi) is 5.81. The normalized spacial score (nSPS) is 23.9. The first kappa shape index (κ1) is 24.0. The van der Waals surface area contributed by atoms with Crippen LogP contribution in [0.3, 0.4) is 0 Å². The highest BCUT2D eigenvalue weighted by molar-refractivity contribution is 8.14. The zero-order valence-corrected chi connectivity index (χ0v) is 21.0. The van der Waals surface area contributed by atoms with Crippen molar-refractivity contribution in [3.8, 4) is 0 Å². The van der Waals surface area contributed by atoms with Crippen LogP contribution in [0.15, 0.2) is 70.4 Å². The van der Waals surface area contributed by atoms with E-state index in [4.69, 9.17) is 4.42 Å². The van der Waals surface area contributed by atoms with E-state index >= 15 is 0 Å². The molecule has 2 aromatic carbocycles. The van der Waals surface area contributed by atoms with E-state index in [9.17, 15) is 20.2 Å². The van der Waals surface area contributed by atoms with Gasteiger partial charge >= 0.3 is 5.69 Å². The van der Waals surface area contributed by atoms with Crippen molar-refractivity contribution in [2.75, 3.05) is 24.0 Å². The summed E-state index contributed by atoms with van der Waals surface area (Å²) in [7, 11) is 3.90. The van der Waals surface area contributed by atoms with Crippen molar-refractivity contribution in [2.24, 2.45) is 5.10 Å². The molecule has 3 aliphatic rings. The van der Waals surface area contributed by atoms with Gasteiger partial charge in [0.05, 0.1) is 33.5 Å². The largest absolute Gasteiger partial charge is 0.466 e. The highest BCUT2D eigenvalue weighted by Crippen LogP contribution is 2.49. The molecule has 0 spiro atoms. The van der Waals surface area contributed by atoms with Crippen molar-refractivity contribution in [2.45, 2.75) is 23.6 Å². The molecule has 3 N–H and O–H groups in total. The van der Waals surface area contributed by atoms with E-state index in [0.717, 1.165) is 17.3 Å². The Labute approximate surface area is 220 Å². The van der Waals surface area contributed by atoms with E-state index in [0.29, 0.717) is 10.9 Å². The molecule has 14 nitrogen and oxygen atoms in total. The molecule has 3 aromatic rings. The van der Waals surface area contributed by atoms with Crippen LogP contribution in [0.5, 0.6) is 0 Å². The number of nitro groups is 2. The van der Waals surface area contributed by atoms with Crippen LogP contribution in [-0.2, 0) is 0 Å². The summed E-state index contributed by atoms with van der Waals surface area (Å²) in [5, 5.41) is 32.1. The Morgan fingerprint density at radius 2 is 1.82 bits per heavy atom. The minimum Gasteiger partial charge on any atom is -0.466 e. The molecule has 2 fully saturated rings. The molecule has 0 radical (unpaired) electrons. The molecule has 4 heterocycles. The second kappa shape index (κ2) is 9.20. The number of hydrogen-bond donors (Lipinski definition) is 3. The van der Waals surface area contributed by atoms with Gasteiger partial charge in [0.2, 0.25) is 0 Å². The van der Waals surface area contributed by atoms with Crippen LogP contribution >= 0.6 is 11.8 Å². The molecule has 196 valence electrons.